The minimum Gasteiger partial charge on any atom is -0.380 e. The molecule has 2 aromatic carbocycles. The van der Waals surface area contributed by atoms with E-state index in [0.29, 0.717) is 30.9 Å². The van der Waals surface area contributed by atoms with E-state index in [1.807, 2.05) is 0 Å². The summed E-state index contributed by atoms with van der Waals surface area (Å²) in [4.78, 5) is 17.0. The summed E-state index contributed by atoms with van der Waals surface area (Å²) in [5.74, 6) is -1.56. The number of carbonyl (C=O) groups is 1. The molecule has 3 aromatic rings. The maximum atomic E-state index is 15.5. The van der Waals surface area contributed by atoms with Crippen molar-refractivity contribution in [3.05, 3.63) is 65.4 Å². The topological polar surface area (TPSA) is 100 Å². The van der Waals surface area contributed by atoms with E-state index in [0.717, 1.165) is 31.5 Å². The zero-order valence-electron chi connectivity index (χ0n) is 20.5. The summed E-state index contributed by atoms with van der Waals surface area (Å²) in [6, 6.07) is 12.2. The minimum absolute atomic E-state index is 0.100. The number of nitrogens with two attached hydrogens (primary N) is 1. The normalized spacial score (nSPS) is 19.8. The number of anilines is 1. The van der Waals surface area contributed by atoms with Gasteiger partial charge in [-0.25, -0.2) is 13.5 Å². The van der Waals surface area contributed by atoms with Gasteiger partial charge in [-0.2, -0.15) is 10.4 Å². The van der Waals surface area contributed by atoms with Crippen LogP contribution in [0.4, 0.5) is 14.5 Å². The van der Waals surface area contributed by atoms with E-state index in [4.69, 9.17) is 15.7 Å². The molecule has 1 aromatic heterocycles. The number of likely N-dealkylation sites (tertiary alicyclic amines) is 1. The number of hydrogen-bond donors (Lipinski definition) is 1. The fourth-order valence-electron chi connectivity index (χ4n) is 5.02. The number of nitrogens with zero attached hydrogens (tertiary/aromatic N) is 5. The Kier molecular flexibility index (Phi) is 6.91. The van der Waals surface area contributed by atoms with Crippen molar-refractivity contribution in [2.24, 2.45) is 5.73 Å². The van der Waals surface area contributed by atoms with E-state index in [1.165, 1.54) is 28.9 Å². The number of nitriles is 1. The fourth-order valence-corrected chi connectivity index (χ4v) is 5.02. The molecule has 0 bridgehead atoms. The van der Waals surface area contributed by atoms with Gasteiger partial charge in [0.15, 0.2) is 11.5 Å². The molecule has 192 valence electrons. The Bertz CT molecular complexity index is 1370. The molecule has 2 aliphatic rings. The Morgan fingerprint density at radius 3 is 2.62 bits per heavy atom. The van der Waals surface area contributed by atoms with Crippen LogP contribution in [0.1, 0.15) is 35.3 Å². The second kappa shape index (κ2) is 10.3. The van der Waals surface area contributed by atoms with Gasteiger partial charge in [0, 0.05) is 50.6 Å². The van der Waals surface area contributed by atoms with Crippen LogP contribution in [0.3, 0.4) is 0 Å². The number of benzene rings is 2. The number of carbonyl (C=O) groups excluding carboxylic acids is 1. The summed E-state index contributed by atoms with van der Waals surface area (Å²) in [5.41, 5.74) is 7.60. The first-order valence-electron chi connectivity index (χ1n) is 12.3. The molecule has 2 N–H and O–H groups in total. The number of methoxy groups -OCH3 is 1. The van der Waals surface area contributed by atoms with Gasteiger partial charge in [-0.05, 0) is 55.7 Å². The van der Waals surface area contributed by atoms with Gasteiger partial charge in [-0.15, -0.1) is 0 Å². The molecule has 10 heteroatoms. The molecule has 2 atom stereocenters. The van der Waals surface area contributed by atoms with E-state index in [2.05, 4.69) is 10.00 Å². The van der Waals surface area contributed by atoms with Gasteiger partial charge in [0.25, 0.3) is 5.91 Å². The van der Waals surface area contributed by atoms with E-state index < -0.39 is 11.6 Å². The van der Waals surface area contributed by atoms with Crippen molar-refractivity contribution in [1.29, 1.82) is 5.26 Å². The number of amides is 1. The molecule has 1 amide bonds. The number of rotatable bonds is 5. The van der Waals surface area contributed by atoms with Crippen LogP contribution in [0.25, 0.3) is 16.9 Å². The zero-order chi connectivity index (χ0) is 26.1. The molecule has 0 saturated carbocycles. The van der Waals surface area contributed by atoms with Crippen molar-refractivity contribution in [3.63, 3.8) is 0 Å². The van der Waals surface area contributed by atoms with Crippen LogP contribution < -0.4 is 10.6 Å². The number of hydrogen-bond acceptors (Lipinski definition) is 6. The predicted octanol–water partition coefficient (Wildman–Crippen LogP) is 3.48. The third kappa shape index (κ3) is 4.92. The molecule has 2 fully saturated rings. The molecule has 2 aliphatic heterocycles. The number of halogens is 2. The highest BCUT2D eigenvalue weighted by atomic mass is 19.1. The van der Waals surface area contributed by atoms with E-state index in [-0.39, 0.29) is 35.0 Å². The minimum atomic E-state index is -0.708. The summed E-state index contributed by atoms with van der Waals surface area (Å²) in [5, 5.41) is 13.6. The Morgan fingerprint density at radius 2 is 1.95 bits per heavy atom. The van der Waals surface area contributed by atoms with Crippen LogP contribution in [-0.2, 0) is 4.74 Å². The zero-order valence-corrected chi connectivity index (χ0v) is 20.5. The lowest BCUT2D eigenvalue weighted by Gasteiger charge is -2.30. The molecule has 8 nitrogen and oxygen atoms in total. The molecular weight excluding hydrogens is 478 g/mol. The highest BCUT2D eigenvalue weighted by Crippen LogP contribution is 2.30. The highest BCUT2D eigenvalue weighted by Gasteiger charge is 2.27. The van der Waals surface area contributed by atoms with Crippen molar-refractivity contribution >= 4 is 11.6 Å². The Morgan fingerprint density at radius 1 is 1.11 bits per heavy atom. The SMILES string of the molecule is COC1CCN(c2ccc(-n3nc(C(=O)N4CCC[C@@H](N)C4)cc3-c3ccc(C#N)c(F)c3)c(F)c2)C1. The summed E-state index contributed by atoms with van der Waals surface area (Å²) in [6.07, 6.45) is 2.59. The number of aromatic nitrogens is 2. The van der Waals surface area contributed by atoms with Crippen molar-refractivity contribution in [2.75, 3.05) is 38.2 Å². The largest absolute Gasteiger partial charge is 0.380 e. The van der Waals surface area contributed by atoms with Gasteiger partial charge < -0.3 is 20.3 Å². The maximum absolute atomic E-state index is 15.5. The van der Waals surface area contributed by atoms with Gasteiger partial charge in [-0.1, -0.05) is 6.07 Å². The van der Waals surface area contributed by atoms with E-state index >= 15 is 4.39 Å². The first kappa shape index (κ1) is 24.9. The Balaban J connectivity index is 1.55. The summed E-state index contributed by atoms with van der Waals surface area (Å²) >= 11 is 0. The van der Waals surface area contributed by atoms with Crippen LogP contribution >= 0.6 is 0 Å². The highest BCUT2D eigenvalue weighted by molar-refractivity contribution is 5.93. The lowest BCUT2D eigenvalue weighted by atomic mass is 10.1. The first-order chi connectivity index (χ1) is 17.9. The van der Waals surface area contributed by atoms with Crippen LogP contribution in [0, 0.1) is 23.0 Å². The van der Waals surface area contributed by atoms with Crippen molar-refractivity contribution < 1.29 is 18.3 Å². The molecular formula is C27H28F2N6O2. The molecule has 3 heterocycles. The third-order valence-electron chi connectivity index (χ3n) is 7.06. The van der Waals surface area contributed by atoms with Gasteiger partial charge >= 0.3 is 0 Å². The quantitative estimate of drug-likeness (QED) is 0.569. The summed E-state index contributed by atoms with van der Waals surface area (Å²) in [7, 11) is 1.67. The van der Waals surface area contributed by atoms with Crippen molar-refractivity contribution in [2.45, 2.75) is 31.4 Å². The predicted molar refractivity (Wildman–Crippen MR) is 134 cm³/mol. The second-order valence-electron chi connectivity index (χ2n) is 9.51. The number of ether oxygens (including phenoxy) is 1. The second-order valence-corrected chi connectivity index (χ2v) is 9.51. The average molecular weight is 507 g/mol. The van der Waals surface area contributed by atoms with Crippen LogP contribution in [0.2, 0.25) is 0 Å². The molecule has 0 radical (unpaired) electrons. The lowest BCUT2D eigenvalue weighted by molar-refractivity contribution is 0.0702. The van der Waals surface area contributed by atoms with Gasteiger partial charge in [0.2, 0.25) is 0 Å². The smallest absolute Gasteiger partial charge is 0.274 e. The van der Waals surface area contributed by atoms with Gasteiger partial charge in [0.1, 0.15) is 17.6 Å². The molecule has 1 unspecified atom stereocenters. The average Bonchev–Trinajstić information content (AvgIpc) is 3.56. The fraction of sp³-hybridized carbons (Fsp3) is 0.370. The Hall–Kier alpha value is -3.81. The first-order valence-corrected chi connectivity index (χ1v) is 12.3. The molecule has 5 rings (SSSR count). The van der Waals surface area contributed by atoms with E-state index in [9.17, 15) is 9.18 Å². The molecule has 2 saturated heterocycles. The third-order valence-corrected chi connectivity index (χ3v) is 7.06. The number of piperidine rings is 1. The van der Waals surface area contributed by atoms with Gasteiger partial charge in [-0.3, -0.25) is 4.79 Å². The van der Waals surface area contributed by atoms with Gasteiger partial charge in [0.05, 0.1) is 17.4 Å². The maximum Gasteiger partial charge on any atom is 0.274 e. The Labute approximate surface area is 213 Å². The van der Waals surface area contributed by atoms with Crippen molar-refractivity contribution in [3.8, 4) is 23.0 Å². The summed E-state index contributed by atoms with van der Waals surface area (Å²) < 4.78 is 36.8. The monoisotopic (exact) mass is 506 g/mol. The van der Waals surface area contributed by atoms with Crippen molar-refractivity contribution in [1.82, 2.24) is 14.7 Å². The molecule has 37 heavy (non-hydrogen) atoms. The summed E-state index contributed by atoms with van der Waals surface area (Å²) in [6.45, 7) is 2.39. The van der Waals surface area contributed by atoms with Crippen LogP contribution in [-0.4, -0.2) is 66.0 Å². The molecule has 0 spiro atoms. The van der Waals surface area contributed by atoms with Crippen LogP contribution in [0.5, 0.6) is 0 Å². The van der Waals surface area contributed by atoms with Crippen LogP contribution in [0.15, 0.2) is 42.5 Å². The molecule has 0 aliphatic carbocycles. The van der Waals surface area contributed by atoms with E-state index in [1.54, 1.807) is 36.3 Å². The lowest BCUT2D eigenvalue weighted by Crippen LogP contribution is -2.45. The standard InChI is InChI=1S/C27H28F2N6O2/c1-37-21-8-10-33(16-21)20-6-7-25(23(29)12-20)35-26(17-4-5-18(14-30)22(28)11-17)13-24(32-35)27(36)34-9-2-3-19(31)15-34/h4-7,11-13,19,21H,2-3,8-10,15-16,31H2,1H3/t19-,21?/m1/s1.